The van der Waals surface area contributed by atoms with Crippen LogP contribution in [0.25, 0.3) is 0 Å². The highest BCUT2D eigenvalue weighted by molar-refractivity contribution is 5.34. The van der Waals surface area contributed by atoms with Crippen molar-refractivity contribution in [3.8, 4) is 0 Å². The Morgan fingerprint density at radius 3 is 2.58 bits per heavy atom. The Bertz CT molecular complexity index is 310. The fourth-order valence-corrected chi connectivity index (χ4v) is 2.50. The molecule has 1 fully saturated rings. The van der Waals surface area contributed by atoms with Gasteiger partial charge in [0.25, 0.3) is 0 Å². The zero-order chi connectivity index (χ0) is 7.97. The minimum atomic E-state index is 0.858. The second-order valence-electron chi connectivity index (χ2n) is 3.84. The number of hydrogen-bond acceptors (Lipinski definition) is 0. The second kappa shape index (κ2) is 2.22. The molecular formula is C12H12. The molecule has 12 heavy (non-hydrogen) atoms. The van der Waals surface area contributed by atoms with Crippen molar-refractivity contribution in [1.82, 2.24) is 0 Å². The Labute approximate surface area is 72.9 Å². The summed E-state index contributed by atoms with van der Waals surface area (Å²) in [6.07, 6.45) is 6.03. The van der Waals surface area contributed by atoms with Crippen molar-refractivity contribution in [2.75, 3.05) is 0 Å². The summed E-state index contributed by atoms with van der Waals surface area (Å²) in [5.41, 5.74) is 1.54. The maximum atomic E-state index is 2.39. The van der Waals surface area contributed by atoms with E-state index in [1.807, 2.05) is 0 Å². The Morgan fingerprint density at radius 1 is 1.08 bits per heavy atom. The molecule has 0 N–H and O–H groups in total. The zero-order valence-corrected chi connectivity index (χ0v) is 6.98. The SMILES string of the molecule is C1=C[C@@H]2[C@H](C1)[C@@H]2c1ccccc1. The molecule has 1 aromatic rings. The van der Waals surface area contributed by atoms with Gasteiger partial charge in [0.15, 0.2) is 0 Å². The largest absolute Gasteiger partial charge is 0.0879 e. The van der Waals surface area contributed by atoms with Crippen molar-refractivity contribution in [2.45, 2.75) is 12.3 Å². The van der Waals surface area contributed by atoms with Gasteiger partial charge in [0.2, 0.25) is 0 Å². The molecule has 2 aliphatic rings. The first kappa shape index (κ1) is 6.47. The first-order valence-corrected chi connectivity index (χ1v) is 4.68. The van der Waals surface area contributed by atoms with Gasteiger partial charge in [-0.1, -0.05) is 42.5 Å². The number of allylic oxidation sites excluding steroid dienone is 2. The van der Waals surface area contributed by atoms with E-state index in [-0.39, 0.29) is 0 Å². The Balaban J connectivity index is 1.90. The number of fused-ring (bicyclic) bond motifs is 1. The summed E-state index contributed by atoms with van der Waals surface area (Å²) in [4.78, 5) is 0. The third-order valence-electron chi connectivity index (χ3n) is 3.18. The van der Waals surface area contributed by atoms with E-state index in [2.05, 4.69) is 42.5 Å². The van der Waals surface area contributed by atoms with Gasteiger partial charge in [-0.3, -0.25) is 0 Å². The summed E-state index contributed by atoms with van der Waals surface area (Å²) >= 11 is 0. The quantitative estimate of drug-likeness (QED) is 0.548. The van der Waals surface area contributed by atoms with Gasteiger partial charge < -0.3 is 0 Å². The fraction of sp³-hybridized carbons (Fsp3) is 0.333. The van der Waals surface area contributed by atoms with Gasteiger partial charge >= 0.3 is 0 Å². The molecule has 0 saturated heterocycles. The van der Waals surface area contributed by atoms with Gasteiger partial charge in [-0.15, -0.1) is 0 Å². The van der Waals surface area contributed by atoms with Crippen molar-refractivity contribution >= 4 is 0 Å². The van der Waals surface area contributed by atoms with Gasteiger partial charge in [-0.25, -0.2) is 0 Å². The lowest BCUT2D eigenvalue weighted by Gasteiger charge is -1.98. The predicted octanol–water partition coefficient (Wildman–Crippen LogP) is 2.98. The second-order valence-corrected chi connectivity index (χ2v) is 3.84. The van der Waals surface area contributed by atoms with Gasteiger partial charge in [-0.2, -0.15) is 0 Å². The van der Waals surface area contributed by atoms with Crippen molar-refractivity contribution in [3.63, 3.8) is 0 Å². The highest BCUT2D eigenvalue weighted by Gasteiger charge is 2.50. The Kier molecular flexibility index (Phi) is 1.20. The first-order chi connectivity index (χ1) is 5.97. The lowest BCUT2D eigenvalue weighted by molar-refractivity contribution is 0.825. The molecule has 0 heteroatoms. The standard InChI is InChI=1S/C12H12/c1-2-5-9(6-3-1)12-10-7-4-8-11(10)12/h1-7,10-12H,8H2/t10-,11+,12-/m1/s1. The van der Waals surface area contributed by atoms with Crippen molar-refractivity contribution in [3.05, 3.63) is 48.0 Å². The molecule has 2 aliphatic carbocycles. The molecule has 0 unspecified atom stereocenters. The van der Waals surface area contributed by atoms with Crippen LogP contribution in [0.1, 0.15) is 17.9 Å². The van der Waals surface area contributed by atoms with E-state index in [0.29, 0.717) is 0 Å². The molecule has 0 bridgehead atoms. The number of benzene rings is 1. The molecule has 1 saturated carbocycles. The molecular weight excluding hydrogens is 144 g/mol. The first-order valence-electron chi connectivity index (χ1n) is 4.68. The molecule has 1 aromatic carbocycles. The van der Waals surface area contributed by atoms with Gasteiger partial charge in [-0.05, 0) is 29.7 Å². The third kappa shape index (κ3) is 0.781. The molecule has 60 valence electrons. The number of rotatable bonds is 1. The van der Waals surface area contributed by atoms with Crippen LogP contribution < -0.4 is 0 Å². The van der Waals surface area contributed by atoms with Gasteiger partial charge in [0, 0.05) is 0 Å². The van der Waals surface area contributed by atoms with Crippen LogP contribution in [0.4, 0.5) is 0 Å². The molecule has 0 nitrogen and oxygen atoms in total. The summed E-state index contributed by atoms with van der Waals surface area (Å²) in [5, 5.41) is 0. The Hall–Kier alpha value is -1.04. The average molecular weight is 156 g/mol. The highest BCUT2D eigenvalue weighted by atomic mass is 14.5. The third-order valence-corrected chi connectivity index (χ3v) is 3.18. The van der Waals surface area contributed by atoms with E-state index in [1.165, 1.54) is 12.0 Å². The van der Waals surface area contributed by atoms with Gasteiger partial charge in [0.05, 0.1) is 0 Å². The van der Waals surface area contributed by atoms with E-state index < -0.39 is 0 Å². The summed E-state index contributed by atoms with van der Waals surface area (Å²) in [6.45, 7) is 0. The molecule has 0 spiro atoms. The summed E-state index contributed by atoms with van der Waals surface area (Å²) < 4.78 is 0. The Morgan fingerprint density at radius 2 is 1.92 bits per heavy atom. The monoisotopic (exact) mass is 156 g/mol. The van der Waals surface area contributed by atoms with Crippen LogP contribution in [-0.2, 0) is 0 Å². The van der Waals surface area contributed by atoms with Crippen LogP contribution in [0, 0.1) is 11.8 Å². The maximum absolute atomic E-state index is 2.39. The van der Waals surface area contributed by atoms with Crippen LogP contribution in [-0.4, -0.2) is 0 Å². The van der Waals surface area contributed by atoms with E-state index in [4.69, 9.17) is 0 Å². The smallest absolute Gasteiger partial charge is 0.00589 e. The number of hydrogen-bond donors (Lipinski definition) is 0. The van der Waals surface area contributed by atoms with E-state index in [9.17, 15) is 0 Å². The summed E-state index contributed by atoms with van der Waals surface area (Å²) in [5.74, 6) is 2.69. The molecule has 0 radical (unpaired) electrons. The lowest BCUT2D eigenvalue weighted by atomic mass is 10.1. The van der Waals surface area contributed by atoms with E-state index in [1.54, 1.807) is 0 Å². The molecule has 0 aliphatic heterocycles. The molecule has 0 heterocycles. The van der Waals surface area contributed by atoms with Crippen molar-refractivity contribution in [1.29, 1.82) is 0 Å². The van der Waals surface area contributed by atoms with Crippen molar-refractivity contribution in [2.24, 2.45) is 11.8 Å². The summed E-state index contributed by atoms with van der Waals surface area (Å²) in [6, 6.07) is 10.9. The topological polar surface area (TPSA) is 0 Å². The predicted molar refractivity (Wildman–Crippen MR) is 49.9 cm³/mol. The average Bonchev–Trinajstić information content (AvgIpc) is 2.62. The minimum Gasteiger partial charge on any atom is -0.0879 e. The van der Waals surface area contributed by atoms with Crippen LogP contribution in [0.3, 0.4) is 0 Å². The van der Waals surface area contributed by atoms with E-state index in [0.717, 1.165) is 17.8 Å². The van der Waals surface area contributed by atoms with Crippen LogP contribution in [0.15, 0.2) is 42.5 Å². The molecule has 0 aromatic heterocycles. The fourth-order valence-electron chi connectivity index (χ4n) is 2.50. The highest BCUT2D eigenvalue weighted by Crippen LogP contribution is 2.59. The maximum Gasteiger partial charge on any atom is -0.00589 e. The van der Waals surface area contributed by atoms with Crippen LogP contribution in [0.2, 0.25) is 0 Å². The molecule has 3 rings (SSSR count). The van der Waals surface area contributed by atoms with Crippen LogP contribution >= 0.6 is 0 Å². The normalized spacial score (nSPS) is 36.5. The van der Waals surface area contributed by atoms with E-state index >= 15 is 0 Å². The summed E-state index contributed by atoms with van der Waals surface area (Å²) in [7, 11) is 0. The van der Waals surface area contributed by atoms with Gasteiger partial charge in [0.1, 0.15) is 0 Å². The molecule has 0 amide bonds. The van der Waals surface area contributed by atoms with Crippen LogP contribution in [0.5, 0.6) is 0 Å². The zero-order valence-electron chi connectivity index (χ0n) is 6.98. The molecule has 3 atom stereocenters. The lowest BCUT2D eigenvalue weighted by Crippen LogP contribution is -1.82. The van der Waals surface area contributed by atoms with Crippen molar-refractivity contribution < 1.29 is 0 Å². The minimum absolute atomic E-state index is 0.858.